The summed E-state index contributed by atoms with van der Waals surface area (Å²) in [4.78, 5) is 14.5. The van der Waals surface area contributed by atoms with Crippen LogP contribution in [0, 0.1) is 6.92 Å². The molecule has 1 spiro atoms. The molecule has 1 amide bonds. The van der Waals surface area contributed by atoms with Crippen LogP contribution in [0.1, 0.15) is 31.2 Å². The summed E-state index contributed by atoms with van der Waals surface area (Å²) in [7, 11) is 0. The summed E-state index contributed by atoms with van der Waals surface area (Å²) in [5.74, 6) is 1.63. The molecule has 0 aliphatic carbocycles. The van der Waals surface area contributed by atoms with Crippen molar-refractivity contribution in [2.24, 2.45) is 0 Å². The van der Waals surface area contributed by atoms with E-state index < -0.39 is 0 Å². The Morgan fingerprint density at radius 2 is 1.81 bits per heavy atom. The third-order valence-corrected chi connectivity index (χ3v) is 6.28. The van der Waals surface area contributed by atoms with E-state index in [0.717, 1.165) is 42.7 Å². The molecule has 172 valence electrons. The molecule has 1 unspecified atom stereocenters. The van der Waals surface area contributed by atoms with E-state index in [4.69, 9.17) is 18.9 Å². The minimum Gasteiger partial charge on any atom is -0.491 e. The molecule has 2 fully saturated rings. The number of aryl methyl sites for hydroxylation is 1. The third-order valence-electron chi connectivity index (χ3n) is 6.28. The maximum atomic E-state index is 12.6. The van der Waals surface area contributed by atoms with Gasteiger partial charge in [-0.25, -0.2) is 0 Å². The molecule has 2 aliphatic rings. The zero-order valence-electron chi connectivity index (χ0n) is 18.8. The van der Waals surface area contributed by atoms with Crippen LogP contribution in [0.25, 0.3) is 0 Å². The zero-order valence-corrected chi connectivity index (χ0v) is 18.8. The fourth-order valence-corrected chi connectivity index (χ4v) is 4.47. The molecule has 4 rings (SSSR count). The molecule has 6 nitrogen and oxygen atoms in total. The Labute approximate surface area is 190 Å². The molecule has 2 saturated heterocycles. The maximum absolute atomic E-state index is 12.6. The van der Waals surface area contributed by atoms with Crippen molar-refractivity contribution < 1.29 is 23.7 Å². The maximum Gasteiger partial charge on any atom is 0.260 e. The summed E-state index contributed by atoms with van der Waals surface area (Å²) in [6, 6.07) is 17.6. The normalized spacial score (nSPS) is 20.2. The number of likely N-dealkylation sites (tertiary alicyclic amines) is 1. The SMILES string of the molecule is Cc1cccc(OCC(=O)N2CCC3(CC2)CC(OCCOc2ccccc2)CCO3)c1. The summed E-state index contributed by atoms with van der Waals surface area (Å²) in [6.45, 7) is 5.28. The van der Waals surface area contributed by atoms with Crippen LogP contribution in [0.2, 0.25) is 0 Å². The van der Waals surface area contributed by atoms with E-state index in [1.54, 1.807) is 0 Å². The van der Waals surface area contributed by atoms with E-state index in [1.807, 2.05) is 66.4 Å². The van der Waals surface area contributed by atoms with Gasteiger partial charge in [-0.15, -0.1) is 0 Å². The average Bonchev–Trinajstić information content (AvgIpc) is 2.82. The number of hydrogen-bond acceptors (Lipinski definition) is 5. The molecule has 0 radical (unpaired) electrons. The highest BCUT2D eigenvalue weighted by molar-refractivity contribution is 5.77. The highest BCUT2D eigenvalue weighted by atomic mass is 16.5. The first-order chi connectivity index (χ1) is 15.6. The van der Waals surface area contributed by atoms with E-state index in [0.29, 0.717) is 32.9 Å². The van der Waals surface area contributed by atoms with Crippen LogP contribution in [-0.4, -0.2) is 62.0 Å². The topological polar surface area (TPSA) is 57.2 Å². The molecule has 2 heterocycles. The highest BCUT2D eigenvalue weighted by Gasteiger charge is 2.41. The average molecular weight is 440 g/mol. The van der Waals surface area contributed by atoms with E-state index in [-0.39, 0.29) is 24.2 Å². The monoisotopic (exact) mass is 439 g/mol. The van der Waals surface area contributed by atoms with Gasteiger partial charge in [-0.05, 0) is 56.0 Å². The Kier molecular flexibility index (Phi) is 7.66. The van der Waals surface area contributed by atoms with Crippen LogP contribution in [-0.2, 0) is 14.3 Å². The van der Waals surface area contributed by atoms with Gasteiger partial charge in [0.1, 0.15) is 18.1 Å². The van der Waals surface area contributed by atoms with E-state index >= 15 is 0 Å². The number of piperidine rings is 1. The number of hydrogen-bond donors (Lipinski definition) is 0. The van der Waals surface area contributed by atoms with Crippen molar-refractivity contribution in [3.8, 4) is 11.5 Å². The van der Waals surface area contributed by atoms with E-state index in [1.165, 1.54) is 0 Å². The van der Waals surface area contributed by atoms with Crippen molar-refractivity contribution in [3.63, 3.8) is 0 Å². The quantitative estimate of drug-likeness (QED) is 0.582. The lowest BCUT2D eigenvalue weighted by molar-refractivity contribution is -0.163. The number of rotatable bonds is 8. The Morgan fingerprint density at radius 1 is 1.03 bits per heavy atom. The third kappa shape index (κ3) is 6.24. The van der Waals surface area contributed by atoms with Crippen molar-refractivity contribution in [3.05, 3.63) is 60.2 Å². The van der Waals surface area contributed by atoms with Gasteiger partial charge in [0.15, 0.2) is 6.61 Å². The molecular formula is C26H33NO5. The fourth-order valence-electron chi connectivity index (χ4n) is 4.47. The van der Waals surface area contributed by atoms with Gasteiger partial charge >= 0.3 is 0 Å². The Balaban J connectivity index is 1.18. The van der Waals surface area contributed by atoms with E-state index in [2.05, 4.69) is 0 Å². The van der Waals surface area contributed by atoms with Crippen molar-refractivity contribution in [2.45, 2.75) is 44.3 Å². The van der Waals surface area contributed by atoms with Gasteiger partial charge < -0.3 is 23.8 Å². The number of nitrogens with zero attached hydrogens (tertiary/aromatic N) is 1. The predicted octanol–water partition coefficient (Wildman–Crippen LogP) is 4.01. The molecule has 32 heavy (non-hydrogen) atoms. The van der Waals surface area contributed by atoms with Crippen LogP contribution < -0.4 is 9.47 Å². The summed E-state index contributed by atoms with van der Waals surface area (Å²) >= 11 is 0. The number of amides is 1. The molecular weight excluding hydrogens is 406 g/mol. The largest absolute Gasteiger partial charge is 0.491 e. The summed E-state index contributed by atoms with van der Waals surface area (Å²) in [5.41, 5.74) is 0.935. The predicted molar refractivity (Wildman–Crippen MR) is 122 cm³/mol. The van der Waals surface area contributed by atoms with Crippen LogP contribution in [0.4, 0.5) is 0 Å². The van der Waals surface area contributed by atoms with Crippen LogP contribution in [0.3, 0.4) is 0 Å². The Morgan fingerprint density at radius 3 is 2.59 bits per heavy atom. The summed E-state index contributed by atoms with van der Waals surface area (Å²) in [5, 5.41) is 0. The van der Waals surface area contributed by atoms with Gasteiger partial charge in [-0.2, -0.15) is 0 Å². The second-order valence-electron chi connectivity index (χ2n) is 8.66. The lowest BCUT2D eigenvalue weighted by Crippen LogP contribution is -2.52. The highest BCUT2D eigenvalue weighted by Crippen LogP contribution is 2.36. The molecule has 6 heteroatoms. The summed E-state index contributed by atoms with van der Waals surface area (Å²) < 4.78 is 23.7. The van der Waals surface area contributed by atoms with Crippen molar-refractivity contribution in [1.29, 1.82) is 0 Å². The Bertz CT molecular complexity index is 864. The van der Waals surface area contributed by atoms with Gasteiger partial charge in [-0.1, -0.05) is 30.3 Å². The number of benzene rings is 2. The summed E-state index contributed by atoms with van der Waals surface area (Å²) in [6.07, 6.45) is 3.63. The number of ether oxygens (including phenoxy) is 4. The molecule has 0 saturated carbocycles. The van der Waals surface area contributed by atoms with Crippen molar-refractivity contribution in [2.75, 3.05) is 39.5 Å². The van der Waals surface area contributed by atoms with Gasteiger partial charge in [0.2, 0.25) is 0 Å². The fraction of sp³-hybridized carbons (Fsp3) is 0.500. The Hall–Kier alpha value is -2.57. The lowest BCUT2D eigenvalue weighted by Gasteiger charge is -2.46. The minimum atomic E-state index is -0.183. The second-order valence-corrected chi connectivity index (χ2v) is 8.66. The molecule has 1 atom stereocenters. The van der Waals surface area contributed by atoms with Crippen molar-refractivity contribution >= 4 is 5.91 Å². The number of para-hydroxylation sites is 1. The molecule has 2 aromatic carbocycles. The molecule has 2 aromatic rings. The standard InChI is InChI=1S/C26H33NO5/c1-21-6-5-9-23(18-21)31-20-25(28)27-13-11-26(12-14-27)19-24(10-15-32-26)30-17-16-29-22-7-3-2-4-8-22/h2-9,18,24H,10-17,19-20H2,1H3. The van der Waals surface area contributed by atoms with Gasteiger partial charge in [0.25, 0.3) is 5.91 Å². The van der Waals surface area contributed by atoms with E-state index in [9.17, 15) is 4.79 Å². The lowest BCUT2D eigenvalue weighted by atomic mass is 9.83. The first-order valence-corrected chi connectivity index (χ1v) is 11.5. The van der Waals surface area contributed by atoms with Gasteiger partial charge in [0.05, 0.1) is 18.3 Å². The first kappa shape index (κ1) is 22.6. The van der Waals surface area contributed by atoms with Crippen LogP contribution >= 0.6 is 0 Å². The van der Waals surface area contributed by atoms with Gasteiger partial charge in [0, 0.05) is 26.1 Å². The van der Waals surface area contributed by atoms with Gasteiger partial charge in [-0.3, -0.25) is 4.79 Å². The zero-order chi connectivity index (χ0) is 22.2. The number of carbonyl (C=O) groups excluding carboxylic acids is 1. The van der Waals surface area contributed by atoms with Crippen LogP contribution in [0.15, 0.2) is 54.6 Å². The second kappa shape index (κ2) is 10.8. The van der Waals surface area contributed by atoms with Crippen molar-refractivity contribution in [1.82, 2.24) is 4.90 Å². The molecule has 0 aromatic heterocycles. The molecule has 2 aliphatic heterocycles. The first-order valence-electron chi connectivity index (χ1n) is 11.5. The molecule has 0 N–H and O–H groups in total. The smallest absolute Gasteiger partial charge is 0.260 e. The minimum absolute atomic E-state index is 0.0306. The number of carbonyl (C=O) groups is 1. The molecule has 0 bridgehead atoms. The van der Waals surface area contributed by atoms with Crippen LogP contribution in [0.5, 0.6) is 11.5 Å².